The number of aromatic nitrogens is 2. The van der Waals surface area contributed by atoms with E-state index in [0.717, 1.165) is 21.6 Å². The van der Waals surface area contributed by atoms with E-state index >= 15 is 0 Å². The van der Waals surface area contributed by atoms with Crippen molar-refractivity contribution in [3.05, 3.63) is 117 Å². The van der Waals surface area contributed by atoms with Crippen molar-refractivity contribution in [2.45, 2.75) is 20.4 Å². The van der Waals surface area contributed by atoms with Crippen molar-refractivity contribution >= 4 is 18.0 Å². The van der Waals surface area contributed by atoms with Gasteiger partial charge < -0.3 is 5.32 Å². The van der Waals surface area contributed by atoms with Gasteiger partial charge in [-0.25, -0.2) is 9.48 Å². The number of H-pyrrole nitrogens is 1. The molecule has 0 aliphatic carbocycles. The molecule has 0 saturated carbocycles. The number of rotatable bonds is 5. The molecule has 8 nitrogen and oxygen atoms in total. The minimum absolute atomic E-state index is 0.0139. The lowest BCUT2D eigenvalue weighted by molar-refractivity contribution is -0.123. The van der Waals surface area contributed by atoms with Crippen molar-refractivity contribution in [3.8, 4) is 23.0 Å². The molecule has 3 aromatic carbocycles. The van der Waals surface area contributed by atoms with Gasteiger partial charge in [-0.05, 0) is 54.8 Å². The Morgan fingerprint density at radius 3 is 2.35 bits per heavy atom. The van der Waals surface area contributed by atoms with E-state index in [0.29, 0.717) is 22.5 Å². The van der Waals surface area contributed by atoms with Crippen molar-refractivity contribution in [2.24, 2.45) is 0 Å². The van der Waals surface area contributed by atoms with Crippen LogP contribution in [-0.4, -0.2) is 26.6 Å². The van der Waals surface area contributed by atoms with Gasteiger partial charge in [-0.1, -0.05) is 54.6 Å². The number of hydrogen-bond donors (Lipinski definition) is 2. The molecule has 0 atom stereocenters. The van der Waals surface area contributed by atoms with E-state index in [2.05, 4.69) is 10.4 Å². The predicted molar refractivity (Wildman–Crippen MR) is 140 cm³/mol. The molecule has 1 aliphatic rings. The fourth-order valence-electron chi connectivity index (χ4n) is 4.28. The maximum absolute atomic E-state index is 13.7. The standard InChI is InChI=1S/C29H23N5O3/c1-18-7-6-10-25(19(18)2)34-27(35)23(26(32-34)22-8-4-3-5-9-22)15-24-28(36)33(29(37)31-24)17-21-13-11-20(16-30)12-14-21/h3-15,32H,17H2,1-2H3,(H,31,37). The van der Waals surface area contributed by atoms with Crippen LogP contribution < -0.4 is 10.9 Å². The SMILES string of the molecule is Cc1cccc(-n2[nH]c(-c3ccccc3)c(C=C3NC(=O)N(Cc4ccc(C#N)cc4)C3=O)c2=O)c1C. The Hall–Kier alpha value is -5.16. The van der Waals surface area contributed by atoms with Gasteiger partial charge in [0.2, 0.25) is 0 Å². The second-order valence-electron chi connectivity index (χ2n) is 8.81. The summed E-state index contributed by atoms with van der Waals surface area (Å²) in [5, 5.41) is 14.8. The number of nitrogens with one attached hydrogen (secondary N) is 2. The molecule has 1 aromatic heterocycles. The molecule has 0 bridgehead atoms. The minimum Gasteiger partial charge on any atom is -0.303 e. The third-order valence-corrected chi connectivity index (χ3v) is 6.48. The van der Waals surface area contributed by atoms with E-state index in [-0.39, 0.29) is 23.4 Å². The Bertz CT molecular complexity index is 1650. The highest BCUT2D eigenvalue weighted by atomic mass is 16.2. The second kappa shape index (κ2) is 9.47. The van der Waals surface area contributed by atoms with E-state index in [4.69, 9.17) is 5.26 Å². The highest BCUT2D eigenvalue weighted by Crippen LogP contribution is 2.25. The summed E-state index contributed by atoms with van der Waals surface area (Å²) in [5.74, 6) is -0.535. The number of carbonyl (C=O) groups is 2. The molecule has 0 unspecified atom stereocenters. The molecule has 2 N–H and O–H groups in total. The van der Waals surface area contributed by atoms with E-state index in [1.165, 1.54) is 10.8 Å². The van der Waals surface area contributed by atoms with Crippen LogP contribution in [0.15, 0.2) is 83.3 Å². The summed E-state index contributed by atoms with van der Waals surface area (Å²) in [4.78, 5) is 40.6. The van der Waals surface area contributed by atoms with E-state index < -0.39 is 11.9 Å². The number of aromatic amines is 1. The second-order valence-corrected chi connectivity index (χ2v) is 8.81. The highest BCUT2D eigenvalue weighted by Gasteiger charge is 2.34. The molecule has 3 amide bonds. The number of benzene rings is 3. The summed E-state index contributed by atoms with van der Waals surface area (Å²) < 4.78 is 1.47. The third kappa shape index (κ3) is 4.34. The summed E-state index contributed by atoms with van der Waals surface area (Å²) in [6.45, 7) is 3.96. The highest BCUT2D eigenvalue weighted by molar-refractivity contribution is 6.14. The first-order chi connectivity index (χ1) is 17.9. The Kier molecular flexibility index (Phi) is 6.04. The number of amides is 3. The molecule has 4 aromatic rings. The number of nitriles is 1. The Balaban J connectivity index is 1.57. The van der Waals surface area contributed by atoms with Crippen LogP contribution in [0.5, 0.6) is 0 Å². The molecule has 1 saturated heterocycles. The summed E-state index contributed by atoms with van der Waals surface area (Å²) in [6, 6.07) is 23.2. The monoisotopic (exact) mass is 489 g/mol. The predicted octanol–water partition coefficient (Wildman–Crippen LogP) is 4.41. The van der Waals surface area contributed by atoms with Gasteiger partial charge in [-0.3, -0.25) is 19.6 Å². The molecule has 8 heteroatoms. The molecule has 5 rings (SSSR count). The van der Waals surface area contributed by atoms with Gasteiger partial charge in [0.1, 0.15) is 5.70 Å². The Morgan fingerprint density at radius 1 is 0.919 bits per heavy atom. The third-order valence-electron chi connectivity index (χ3n) is 6.48. The topological polar surface area (TPSA) is 111 Å². The fraction of sp³-hybridized carbons (Fsp3) is 0.103. The molecule has 1 fully saturated rings. The molecule has 0 radical (unpaired) electrons. The average molecular weight is 490 g/mol. The van der Waals surface area contributed by atoms with Gasteiger partial charge in [-0.2, -0.15) is 5.26 Å². The van der Waals surface area contributed by atoms with Gasteiger partial charge in [0.15, 0.2) is 0 Å². The summed E-state index contributed by atoms with van der Waals surface area (Å²) in [7, 11) is 0. The molecule has 182 valence electrons. The first-order valence-electron chi connectivity index (χ1n) is 11.7. The van der Waals surface area contributed by atoms with Crippen LogP contribution in [0.25, 0.3) is 23.0 Å². The fourth-order valence-corrected chi connectivity index (χ4v) is 4.28. The normalized spacial score (nSPS) is 14.2. The van der Waals surface area contributed by atoms with Crippen molar-refractivity contribution in [2.75, 3.05) is 0 Å². The quantitative estimate of drug-likeness (QED) is 0.319. The van der Waals surface area contributed by atoms with Crippen LogP contribution in [0.1, 0.15) is 27.8 Å². The van der Waals surface area contributed by atoms with Crippen LogP contribution in [0.3, 0.4) is 0 Å². The van der Waals surface area contributed by atoms with Crippen molar-refractivity contribution < 1.29 is 9.59 Å². The summed E-state index contributed by atoms with van der Waals surface area (Å²) in [6.07, 6.45) is 1.43. The Labute approximate surface area is 213 Å². The Morgan fingerprint density at radius 2 is 1.65 bits per heavy atom. The minimum atomic E-state index is -0.577. The number of hydrogen-bond acceptors (Lipinski definition) is 4. The van der Waals surface area contributed by atoms with Crippen molar-refractivity contribution in [1.82, 2.24) is 20.0 Å². The van der Waals surface area contributed by atoms with Crippen molar-refractivity contribution in [1.29, 1.82) is 5.26 Å². The van der Waals surface area contributed by atoms with Gasteiger partial charge in [-0.15, -0.1) is 0 Å². The zero-order chi connectivity index (χ0) is 26.1. The molecule has 2 heterocycles. The number of carbonyl (C=O) groups excluding carboxylic acids is 2. The first kappa shape index (κ1) is 23.6. The van der Waals surface area contributed by atoms with E-state index in [9.17, 15) is 14.4 Å². The van der Waals surface area contributed by atoms with Gasteiger partial charge in [0.05, 0.1) is 35.1 Å². The van der Waals surface area contributed by atoms with Gasteiger partial charge in [0, 0.05) is 5.56 Å². The zero-order valence-electron chi connectivity index (χ0n) is 20.3. The smallest absolute Gasteiger partial charge is 0.303 e. The number of nitrogens with zero attached hydrogens (tertiary/aromatic N) is 3. The average Bonchev–Trinajstić information content (AvgIpc) is 3.37. The molecule has 0 spiro atoms. The van der Waals surface area contributed by atoms with Crippen molar-refractivity contribution in [3.63, 3.8) is 0 Å². The van der Waals surface area contributed by atoms with Crippen LogP contribution in [0, 0.1) is 25.2 Å². The lowest BCUT2D eigenvalue weighted by atomic mass is 10.1. The number of urea groups is 1. The molecular formula is C29H23N5O3. The van der Waals surface area contributed by atoms with E-state index in [1.54, 1.807) is 24.3 Å². The maximum Gasteiger partial charge on any atom is 0.329 e. The number of imide groups is 1. The van der Waals surface area contributed by atoms with Crippen LogP contribution in [-0.2, 0) is 11.3 Å². The van der Waals surface area contributed by atoms with Gasteiger partial charge >= 0.3 is 6.03 Å². The molecule has 1 aliphatic heterocycles. The first-order valence-corrected chi connectivity index (χ1v) is 11.7. The largest absolute Gasteiger partial charge is 0.329 e. The van der Waals surface area contributed by atoms with Crippen LogP contribution in [0.2, 0.25) is 0 Å². The molecular weight excluding hydrogens is 466 g/mol. The zero-order valence-corrected chi connectivity index (χ0v) is 20.3. The van der Waals surface area contributed by atoms with Gasteiger partial charge in [0.25, 0.3) is 11.5 Å². The number of aryl methyl sites for hydroxylation is 1. The lowest BCUT2D eigenvalue weighted by Crippen LogP contribution is -2.30. The van der Waals surface area contributed by atoms with E-state index in [1.807, 2.05) is 68.4 Å². The maximum atomic E-state index is 13.7. The lowest BCUT2D eigenvalue weighted by Gasteiger charge is -2.11. The summed E-state index contributed by atoms with van der Waals surface area (Å²) in [5.41, 5.74) is 5.11. The summed E-state index contributed by atoms with van der Waals surface area (Å²) >= 11 is 0. The van der Waals surface area contributed by atoms with Crippen LogP contribution in [0.4, 0.5) is 4.79 Å². The van der Waals surface area contributed by atoms with Crippen LogP contribution >= 0.6 is 0 Å². The molecule has 37 heavy (non-hydrogen) atoms.